The van der Waals surface area contributed by atoms with Crippen molar-refractivity contribution >= 4 is 15.8 Å². The number of sulfone groups is 1. The highest BCUT2D eigenvalue weighted by Gasteiger charge is 2.27. The van der Waals surface area contributed by atoms with Crippen LogP contribution >= 0.6 is 0 Å². The van der Waals surface area contributed by atoms with Gasteiger partial charge in [0.05, 0.1) is 17.9 Å². The molecule has 1 saturated heterocycles. The average Bonchev–Trinajstić information content (AvgIpc) is 2.42. The van der Waals surface area contributed by atoms with E-state index in [9.17, 15) is 13.2 Å². The smallest absolute Gasteiger partial charge is 0.307 e. The Balaban J connectivity index is 2.19. The van der Waals surface area contributed by atoms with E-state index in [1.165, 1.54) is 0 Å². The van der Waals surface area contributed by atoms with Gasteiger partial charge in [-0.05, 0) is 27.2 Å². The maximum absolute atomic E-state index is 11.4. The Bertz CT molecular complexity index is 369. The molecule has 1 aliphatic heterocycles. The van der Waals surface area contributed by atoms with E-state index in [-0.39, 0.29) is 29.9 Å². The van der Waals surface area contributed by atoms with Gasteiger partial charge in [0, 0.05) is 12.6 Å². The van der Waals surface area contributed by atoms with Gasteiger partial charge in [-0.2, -0.15) is 0 Å². The fraction of sp³-hybridized carbons (Fsp3) is 0.909. The van der Waals surface area contributed by atoms with Crippen LogP contribution in [-0.2, 0) is 19.4 Å². The van der Waals surface area contributed by atoms with Crippen LogP contribution in [0.3, 0.4) is 0 Å². The Kier molecular flexibility index (Phi) is 4.55. The van der Waals surface area contributed by atoms with Crippen LogP contribution in [0.25, 0.3) is 0 Å². The molecule has 0 aliphatic carbocycles. The Morgan fingerprint density at radius 2 is 2.06 bits per heavy atom. The summed E-state index contributed by atoms with van der Waals surface area (Å²) < 4.78 is 27.5. The topological polar surface area (TPSA) is 72.5 Å². The molecule has 6 heteroatoms. The van der Waals surface area contributed by atoms with Gasteiger partial charge in [0.25, 0.3) is 0 Å². The predicted molar refractivity (Wildman–Crippen MR) is 65.5 cm³/mol. The maximum Gasteiger partial charge on any atom is 0.307 e. The van der Waals surface area contributed by atoms with Gasteiger partial charge in [-0.15, -0.1) is 0 Å². The second-order valence-electron chi connectivity index (χ2n) is 5.39. The predicted octanol–water partition coefficient (Wildman–Crippen LogP) is 0.495. The molecule has 17 heavy (non-hydrogen) atoms. The number of rotatable bonds is 4. The molecule has 0 aromatic carbocycles. The van der Waals surface area contributed by atoms with Crippen molar-refractivity contribution in [2.45, 2.75) is 45.3 Å². The first-order valence-corrected chi connectivity index (χ1v) is 7.66. The number of hydrogen-bond donors (Lipinski definition) is 1. The van der Waals surface area contributed by atoms with Crippen molar-refractivity contribution < 1.29 is 17.9 Å². The lowest BCUT2D eigenvalue weighted by Gasteiger charge is -2.19. The number of carbonyl (C=O) groups is 1. The van der Waals surface area contributed by atoms with E-state index in [2.05, 4.69) is 5.32 Å². The molecule has 1 fully saturated rings. The van der Waals surface area contributed by atoms with E-state index in [4.69, 9.17) is 4.74 Å². The average molecular weight is 263 g/mol. The molecule has 0 spiro atoms. The van der Waals surface area contributed by atoms with Gasteiger partial charge in [0.15, 0.2) is 9.84 Å². The van der Waals surface area contributed by atoms with Crippen LogP contribution in [-0.4, -0.2) is 44.1 Å². The minimum Gasteiger partial charge on any atom is -0.460 e. The molecule has 0 amide bonds. The van der Waals surface area contributed by atoms with Crippen molar-refractivity contribution in [3.05, 3.63) is 0 Å². The lowest BCUT2D eigenvalue weighted by molar-refractivity contribution is -0.154. The quantitative estimate of drug-likeness (QED) is 0.748. The van der Waals surface area contributed by atoms with Crippen LogP contribution in [0.15, 0.2) is 0 Å². The SMILES string of the molecule is CC(C)(C)OC(=O)CCNC1CCS(=O)(=O)C1. The highest BCUT2D eigenvalue weighted by atomic mass is 32.2. The van der Waals surface area contributed by atoms with Crippen molar-refractivity contribution in [1.82, 2.24) is 5.32 Å². The molecular formula is C11H21NO4S. The zero-order chi connectivity index (χ0) is 13.1. The summed E-state index contributed by atoms with van der Waals surface area (Å²) in [5.74, 6) is 0.171. The second kappa shape index (κ2) is 5.35. The summed E-state index contributed by atoms with van der Waals surface area (Å²) in [4.78, 5) is 11.4. The van der Waals surface area contributed by atoms with Crippen LogP contribution in [0.4, 0.5) is 0 Å². The monoisotopic (exact) mass is 263 g/mol. The third-order valence-corrected chi connectivity index (χ3v) is 4.18. The molecule has 0 radical (unpaired) electrons. The third kappa shape index (κ3) is 6.02. The largest absolute Gasteiger partial charge is 0.460 e. The Morgan fingerprint density at radius 3 is 2.53 bits per heavy atom. The van der Waals surface area contributed by atoms with Crippen LogP contribution in [0.2, 0.25) is 0 Å². The summed E-state index contributed by atoms with van der Waals surface area (Å²) in [6.07, 6.45) is 0.907. The molecule has 1 N–H and O–H groups in total. The molecule has 0 aromatic heterocycles. The standard InChI is InChI=1S/C11H21NO4S/c1-11(2,3)16-10(13)4-6-12-9-5-7-17(14,15)8-9/h9,12H,4-8H2,1-3H3. The van der Waals surface area contributed by atoms with Gasteiger partial charge in [0.2, 0.25) is 0 Å². The number of nitrogens with one attached hydrogen (secondary N) is 1. The van der Waals surface area contributed by atoms with E-state index >= 15 is 0 Å². The molecule has 100 valence electrons. The van der Waals surface area contributed by atoms with Crippen LogP contribution in [0.1, 0.15) is 33.6 Å². The minimum atomic E-state index is -2.85. The molecule has 0 bridgehead atoms. The van der Waals surface area contributed by atoms with Gasteiger partial charge in [-0.25, -0.2) is 8.42 Å². The summed E-state index contributed by atoms with van der Waals surface area (Å²) in [7, 11) is -2.85. The number of carbonyl (C=O) groups excluding carboxylic acids is 1. The molecular weight excluding hydrogens is 242 g/mol. The van der Waals surface area contributed by atoms with Crippen LogP contribution in [0.5, 0.6) is 0 Å². The van der Waals surface area contributed by atoms with Crippen molar-refractivity contribution in [2.24, 2.45) is 0 Å². The number of ether oxygens (including phenoxy) is 1. The number of hydrogen-bond acceptors (Lipinski definition) is 5. The summed E-state index contributed by atoms with van der Waals surface area (Å²) in [5.41, 5.74) is -0.465. The fourth-order valence-corrected chi connectivity index (χ4v) is 3.43. The molecule has 5 nitrogen and oxygen atoms in total. The van der Waals surface area contributed by atoms with Gasteiger partial charge < -0.3 is 10.1 Å². The molecule has 1 unspecified atom stereocenters. The first kappa shape index (κ1) is 14.4. The summed E-state index contributed by atoms with van der Waals surface area (Å²) >= 11 is 0. The van der Waals surface area contributed by atoms with Crippen molar-refractivity contribution in [1.29, 1.82) is 0 Å². The van der Waals surface area contributed by atoms with E-state index < -0.39 is 15.4 Å². The molecule has 0 saturated carbocycles. The highest BCUT2D eigenvalue weighted by molar-refractivity contribution is 7.91. The fourth-order valence-electron chi connectivity index (χ4n) is 1.73. The van der Waals surface area contributed by atoms with E-state index in [1.807, 2.05) is 20.8 Å². The zero-order valence-corrected chi connectivity index (χ0v) is 11.5. The molecule has 1 rings (SSSR count). The lowest BCUT2D eigenvalue weighted by atomic mass is 10.2. The van der Waals surface area contributed by atoms with E-state index in [1.54, 1.807) is 0 Å². The summed E-state index contributed by atoms with van der Waals surface area (Å²) in [5, 5.41) is 3.07. The van der Waals surface area contributed by atoms with Crippen LogP contribution < -0.4 is 5.32 Å². The molecule has 0 aromatic rings. The Hall–Kier alpha value is -0.620. The molecule has 1 heterocycles. The van der Waals surface area contributed by atoms with Crippen LogP contribution in [0, 0.1) is 0 Å². The van der Waals surface area contributed by atoms with E-state index in [0.29, 0.717) is 13.0 Å². The first-order valence-electron chi connectivity index (χ1n) is 5.84. The van der Waals surface area contributed by atoms with Gasteiger partial charge in [0.1, 0.15) is 5.60 Å². The normalized spacial score (nSPS) is 23.6. The van der Waals surface area contributed by atoms with Crippen molar-refractivity contribution in [2.75, 3.05) is 18.1 Å². The van der Waals surface area contributed by atoms with E-state index in [0.717, 1.165) is 0 Å². The second-order valence-corrected chi connectivity index (χ2v) is 7.62. The number of esters is 1. The third-order valence-electron chi connectivity index (χ3n) is 2.41. The highest BCUT2D eigenvalue weighted by Crippen LogP contribution is 2.11. The van der Waals surface area contributed by atoms with Gasteiger partial charge in [-0.3, -0.25) is 4.79 Å². The summed E-state index contributed by atoms with van der Waals surface area (Å²) in [6.45, 7) is 5.93. The van der Waals surface area contributed by atoms with Crippen molar-refractivity contribution in [3.8, 4) is 0 Å². The minimum absolute atomic E-state index is 0.0116. The zero-order valence-electron chi connectivity index (χ0n) is 10.7. The van der Waals surface area contributed by atoms with Gasteiger partial charge >= 0.3 is 5.97 Å². The summed E-state index contributed by atoms with van der Waals surface area (Å²) in [6, 6.07) is -0.0116. The Morgan fingerprint density at radius 1 is 1.41 bits per heavy atom. The first-order chi connectivity index (χ1) is 7.68. The Labute approximate surface area is 103 Å². The molecule has 1 atom stereocenters. The van der Waals surface area contributed by atoms with Gasteiger partial charge in [-0.1, -0.05) is 0 Å². The maximum atomic E-state index is 11.4. The molecule has 1 aliphatic rings. The van der Waals surface area contributed by atoms with Crippen molar-refractivity contribution in [3.63, 3.8) is 0 Å². The lowest BCUT2D eigenvalue weighted by Crippen LogP contribution is -2.33.